The van der Waals surface area contributed by atoms with E-state index in [1.807, 2.05) is 31.4 Å². The quantitative estimate of drug-likeness (QED) is 0.439. The standard InChI is InChI=1S/C19H29N5O2/c1-20-19(24-10-7-16(13-24)15-26-12-11-25-2)21-8-6-17-14-23-9-4-3-5-18(23)22-17/h3-5,9,14,16H,6-8,10-13,15H2,1-2H3,(H,20,21). The third kappa shape index (κ3) is 4.95. The van der Waals surface area contributed by atoms with Crippen molar-refractivity contribution < 1.29 is 9.47 Å². The lowest BCUT2D eigenvalue weighted by Gasteiger charge is -2.21. The van der Waals surface area contributed by atoms with Crippen molar-refractivity contribution in [3.63, 3.8) is 0 Å². The number of fused-ring (bicyclic) bond motifs is 1. The van der Waals surface area contributed by atoms with Crippen LogP contribution < -0.4 is 5.32 Å². The molecule has 0 radical (unpaired) electrons. The van der Waals surface area contributed by atoms with Gasteiger partial charge in [0.1, 0.15) is 5.65 Å². The molecule has 7 nitrogen and oxygen atoms in total. The minimum absolute atomic E-state index is 0.559. The molecule has 1 saturated heterocycles. The van der Waals surface area contributed by atoms with Gasteiger partial charge in [-0.3, -0.25) is 4.99 Å². The Kier molecular flexibility index (Phi) is 6.85. The number of hydrogen-bond donors (Lipinski definition) is 1. The zero-order chi connectivity index (χ0) is 18.2. The van der Waals surface area contributed by atoms with Crippen LogP contribution in [0.4, 0.5) is 0 Å². The highest BCUT2D eigenvalue weighted by Crippen LogP contribution is 2.16. The van der Waals surface area contributed by atoms with Gasteiger partial charge in [0.05, 0.1) is 25.5 Å². The van der Waals surface area contributed by atoms with Gasteiger partial charge in [-0.15, -0.1) is 0 Å². The number of likely N-dealkylation sites (tertiary alicyclic amines) is 1. The predicted molar refractivity (Wildman–Crippen MR) is 103 cm³/mol. The van der Waals surface area contributed by atoms with Crippen molar-refractivity contribution in [2.24, 2.45) is 10.9 Å². The summed E-state index contributed by atoms with van der Waals surface area (Å²) in [5, 5.41) is 3.47. The molecule has 1 N–H and O–H groups in total. The molecule has 0 bridgehead atoms. The number of aliphatic imine (C=N–C) groups is 1. The lowest BCUT2D eigenvalue weighted by Crippen LogP contribution is -2.41. The number of nitrogens with zero attached hydrogens (tertiary/aromatic N) is 4. The minimum atomic E-state index is 0.559. The van der Waals surface area contributed by atoms with Crippen molar-refractivity contribution in [1.82, 2.24) is 19.6 Å². The van der Waals surface area contributed by atoms with Gasteiger partial charge in [-0.25, -0.2) is 4.98 Å². The summed E-state index contributed by atoms with van der Waals surface area (Å²) in [6.45, 7) is 4.94. The summed E-state index contributed by atoms with van der Waals surface area (Å²) in [5.74, 6) is 1.53. The van der Waals surface area contributed by atoms with Crippen LogP contribution in [0.25, 0.3) is 5.65 Å². The molecule has 0 saturated carbocycles. The lowest BCUT2D eigenvalue weighted by molar-refractivity contribution is 0.0536. The maximum absolute atomic E-state index is 5.66. The van der Waals surface area contributed by atoms with Gasteiger partial charge in [-0.05, 0) is 18.6 Å². The molecular formula is C19H29N5O2. The predicted octanol–water partition coefficient (Wildman–Crippen LogP) is 1.44. The number of guanidine groups is 1. The third-order valence-corrected chi connectivity index (χ3v) is 4.66. The third-order valence-electron chi connectivity index (χ3n) is 4.66. The Morgan fingerprint density at radius 3 is 3.12 bits per heavy atom. The zero-order valence-electron chi connectivity index (χ0n) is 15.7. The molecule has 1 fully saturated rings. The normalized spacial score (nSPS) is 18.0. The maximum atomic E-state index is 5.66. The number of ether oxygens (including phenoxy) is 2. The van der Waals surface area contributed by atoms with E-state index in [1.165, 1.54) is 0 Å². The van der Waals surface area contributed by atoms with Crippen LogP contribution in [0.2, 0.25) is 0 Å². The first kappa shape index (κ1) is 18.7. The Balaban J connectivity index is 1.42. The first-order valence-corrected chi connectivity index (χ1v) is 9.25. The van der Waals surface area contributed by atoms with E-state index in [1.54, 1.807) is 7.11 Å². The molecule has 2 aromatic rings. The molecule has 3 rings (SSSR count). The van der Waals surface area contributed by atoms with Gasteiger partial charge < -0.3 is 24.1 Å². The Bertz CT molecular complexity index is 682. The monoisotopic (exact) mass is 359 g/mol. The van der Waals surface area contributed by atoms with Gasteiger partial charge in [0, 0.05) is 58.5 Å². The summed E-state index contributed by atoms with van der Waals surface area (Å²) in [6, 6.07) is 6.05. The molecule has 7 heteroatoms. The van der Waals surface area contributed by atoms with Crippen molar-refractivity contribution in [2.45, 2.75) is 12.8 Å². The molecule has 0 spiro atoms. The van der Waals surface area contributed by atoms with E-state index < -0.39 is 0 Å². The van der Waals surface area contributed by atoms with E-state index in [2.05, 4.69) is 30.8 Å². The zero-order valence-corrected chi connectivity index (χ0v) is 15.7. The van der Waals surface area contributed by atoms with Gasteiger partial charge in [0.2, 0.25) is 0 Å². The van der Waals surface area contributed by atoms with Gasteiger partial charge in [-0.2, -0.15) is 0 Å². The summed E-state index contributed by atoms with van der Waals surface area (Å²) in [6.07, 6.45) is 6.12. The molecule has 1 aliphatic heterocycles. The van der Waals surface area contributed by atoms with Crippen LogP contribution in [0.5, 0.6) is 0 Å². The smallest absolute Gasteiger partial charge is 0.193 e. The molecule has 0 aliphatic carbocycles. The number of aromatic nitrogens is 2. The Labute approximate surface area is 155 Å². The number of imidazole rings is 1. The molecule has 1 atom stereocenters. The second-order valence-electron chi connectivity index (χ2n) is 6.59. The Morgan fingerprint density at radius 1 is 1.38 bits per heavy atom. The molecule has 1 aliphatic rings. The van der Waals surface area contributed by atoms with Crippen molar-refractivity contribution in [1.29, 1.82) is 0 Å². The second kappa shape index (κ2) is 9.54. The van der Waals surface area contributed by atoms with Crippen molar-refractivity contribution in [2.75, 3.05) is 53.6 Å². The van der Waals surface area contributed by atoms with Crippen molar-refractivity contribution >= 4 is 11.6 Å². The molecule has 26 heavy (non-hydrogen) atoms. The van der Waals surface area contributed by atoms with Crippen molar-refractivity contribution in [3.8, 4) is 0 Å². The van der Waals surface area contributed by atoms with Gasteiger partial charge in [0.15, 0.2) is 5.96 Å². The van der Waals surface area contributed by atoms with Crippen LogP contribution in [0.3, 0.4) is 0 Å². The highest BCUT2D eigenvalue weighted by molar-refractivity contribution is 5.80. The van der Waals surface area contributed by atoms with E-state index in [9.17, 15) is 0 Å². The van der Waals surface area contributed by atoms with Crippen molar-refractivity contribution in [3.05, 3.63) is 36.3 Å². The Hall–Kier alpha value is -2.12. The average Bonchev–Trinajstić information content (AvgIpc) is 3.29. The average molecular weight is 359 g/mol. The van der Waals surface area contributed by atoms with Gasteiger partial charge in [0.25, 0.3) is 0 Å². The molecular weight excluding hydrogens is 330 g/mol. The van der Waals surface area contributed by atoms with Crippen LogP contribution in [0.15, 0.2) is 35.6 Å². The van der Waals surface area contributed by atoms with Crippen LogP contribution in [0, 0.1) is 5.92 Å². The summed E-state index contributed by atoms with van der Waals surface area (Å²) in [5.41, 5.74) is 2.08. The fourth-order valence-electron chi connectivity index (χ4n) is 3.30. The van der Waals surface area contributed by atoms with E-state index >= 15 is 0 Å². The highest BCUT2D eigenvalue weighted by Gasteiger charge is 2.24. The summed E-state index contributed by atoms with van der Waals surface area (Å²) < 4.78 is 12.7. The fraction of sp³-hybridized carbons (Fsp3) is 0.579. The van der Waals surface area contributed by atoms with Gasteiger partial charge >= 0.3 is 0 Å². The van der Waals surface area contributed by atoms with Crippen LogP contribution >= 0.6 is 0 Å². The topological polar surface area (TPSA) is 63.4 Å². The number of nitrogens with one attached hydrogen (secondary N) is 1. The van der Waals surface area contributed by atoms with Crippen LogP contribution in [-0.4, -0.2) is 73.9 Å². The SMILES string of the molecule is CN=C(NCCc1cn2ccccc2n1)N1CCC(COCCOC)C1. The van der Waals surface area contributed by atoms with E-state index in [-0.39, 0.29) is 0 Å². The van der Waals surface area contributed by atoms with Crippen LogP contribution in [0.1, 0.15) is 12.1 Å². The summed E-state index contributed by atoms with van der Waals surface area (Å²) in [4.78, 5) is 11.4. The van der Waals surface area contributed by atoms with Gasteiger partial charge in [-0.1, -0.05) is 6.07 Å². The summed E-state index contributed by atoms with van der Waals surface area (Å²) >= 11 is 0. The molecule has 0 amide bonds. The molecule has 1 unspecified atom stereocenters. The van der Waals surface area contributed by atoms with E-state index in [0.29, 0.717) is 19.1 Å². The Morgan fingerprint density at radius 2 is 2.31 bits per heavy atom. The minimum Gasteiger partial charge on any atom is -0.382 e. The first-order valence-electron chi connectivity index (χ1n) is 9.25. The largest absolute Gasteiger partial charge is 0.382 e. The second-order valence-corrected chi connectivity index (χ2v) is 6.59. The molecule has 0 aromatic carbocycles. The number of hydrogen-bond acceptors (Lipinski definition) is 4. The van der Waals surface area contributed by atoms with Crippen LogP contribution in [-0.2, 0) is 15.9 Å². The molecule has 3 heterocycles. The van der Waals surface area contributed by atoms with E-state index in [0.717, 1.165) is 56.4 Å². The first-order chi connectivity index (χ1) is 12.8. The molecule has 2 aromatic heterocycles. The lowest BCUT2D eigenvalue weighted by atomic mass is 10.1. The highest BCUT2D eigenvalue weighted by atomic mass is 16.5. The van der Waals surface area contributed by atoms with E-state index in [4.69, 9.17) is 9.47 Å². The number of rotatable bonds is 8. The fourth-order valence-corrected chi connectivity index (χ4v) is 3.30. The number of methoxy groups -OCH3 is 1. The number of pyridine rings is 1. The maximum Gasteiger partial charge on any atom is 0.193 e. The molecule has 142 valence electrons. The summed E-state index contributed by atoms with van der Waals surface area (Å²) in [7, 11) is 3.54.